The van der Waals surface area contributed by atoms with Crippen molar-refractivity contribution in [2.75, 3.05) is 13.2 Å². The Balaban J connectivity index is 1.97. The summed E-state index contributed by atoms with van der Waals surface area (Å²) < 4.78 is 7.90. The molecule has 1 saturated heterocycles. The highest BCUT2D eigenvalue weighted by atomic mass is 16.5. The van der Waals surface area contributed by atoms with Gasteiger partial charge in [0.2, 0.25) is 0 Å². The molecule has 2 unspecified atom stereocenters. The van der Waals surface area contributed by atoms with Crippen LogP contribution in [0.4, 0.5) is 0 Å². The first-order valence-electron chi connectivity index (χ1n) is 6.88. The molecular formula is C14H25N3O. The molecule has 102 valence electrons. The number of nitrogens with one attached hydrogen (secondary N) is 1. The fourth-order valence-corrected chi connectivity index (χ4v) is 2.39. The Morgan fingerprint density at radius 1 is 1.61 bits per heavy atom. The summed E-state index contributed by atoms with van der Waals surface area (Å²) in [5, 5.41) is 3.42. The first-order valence-corrected chi connectivity index (χ1v) is 6.88. The van der Waals surface area contributed by atoms with Crippen molar-refractivity contribution in [3.8, 4) is 0 Å². The van der Waals surface area contributed by atoms with E-state index in [0.29, 0.717) is 5.92 Å². The molecular weight excluding hydrogens is 226 g/mol. The van der Waals surface area contributed by atoms with Crippen molar-refractivity contribution in [2.45, 2.75) is 52.3 Å². The standard InChI is InChI=1S/C14H25N3O/c1-11(2)7-15-8-13-9-17(10-16-13)14(4)5-6-18-12(14)3/h9-12,15H,5-8H2,1-4H3. The summed E-state index contributed by atoms with van der Waals surface area (Å²) in [6, 6.07) is 0. The number of nitrogens with zero attached hydrogens (tertiary/aromatic N) is 2. The molecule has 4 heteroatoms. The molecule has 0 spiro atoms. The van der Waals surface area contributed by atoms with Gasteiger partial charge in [-0.3, -0.25) is 0 Å². The minimum absolute atomic E-state index is 0.0588. The van der Waals surface area contributed by atoms with Crippen molar-refractivity contribution >= 4 is 0 Å². The number of hydrogen-bond donors (Lipinski definition) is 1. The van der Waals surface area contributed by atoms with Gasteiger partial charge in [-0.2, -0.15) is 0 Å². The largest absolute Gasteiger partial charge is 0.376 e. The molecule has 1 N–H and O–H groups in total. The molecule has 0 aliphatic carbocycles. The molecule has 2 rings (SSSR count). The van der Waals surface area contributed by atoms with Gasteiger partial charge in [0.25, 0.3) is 0 Å². The Kier molecular flexibility index (Phi) is 4.07. The van der Waals surface area contributed by atoms with Gasteiger partial charge in [-0.1, -0.05) is 13.8 Å². The van der Waals surface area contributed by atoms with Crippen LogP contribution in [0.1, 0.15) is 39.8 Å². The van der Waals surface area contributed by atoms with Gasteiger partial charge < -0.3 is 14.6 Å². The summed E-state index contributed by atoms with van der Waals surface area (Å²) in [6.45, 7) is 11.5. The topological polar surface area (TPSA) is 39.1 Å². The maximum Gasteiger partial charge on any atom is 0.0956 e. The van der Waals surface area contributed by atoms with Gasteiger partial charge in [0.1, 0.15) is 0 Å². The Morgan fingerprint density at radius 3 is 3.00 bits per heavy atom. The van der Waals surface area contributed by atoms with Gasteiger partial charge >= 0.3 is 0 Å². The van der Waals surface area contributed by atoms with Crippen LogP contribution in [0, 0.1) is 5.92 Å². The first-order chi connectivity index (χ1) is 8.52. The van der Waals surface area contributed by atoms with Gasteiger partial charge in [0.15, 0.2) is 0 Å². The molecule has 0 bridgehead atoms. The number of imidazole rings is 1. The maximum absolute atomic E-state index is 5.68. The van der Waals surface area contributed by atoms with E-state index in [1.54, 1.807) is 0 Å². The highest BCUT2D eigenvalue weighted by molar-refractivity contribution is 5.03. The summed E-state index contributed by atoms with van der Waals surface area (Å²) in [4.78, 5) is 4.48. The summed E-state index contributed by atoms with van der Waals surface area (Å²) in [6.07, 6.45) is 5.41. The van der Waals surface area contributed by atoms with Crippen LogP contribution in [-0.4, -0.2) is 28.8 Å². The first kappa shape index (κ1) is 13.6. The number of aromatic nitrogens is 2. The quantitative estimate of drug-likeness (QED) is 0.871. The molecule has 2 atom stereocenters. The molecule has 1 fully saturated rings. The van der Waals surface area contributed by atoms with E-state index in [1.807, 2.05) is 6.33 Å². The third-order valence-corrected chi connectivity index (χ3v) is 3.94. The van der Waals surface area contributed by atoms with Crippen molar-refractivity contribution in [1.29, 1.82) is 0 Å². The zero-order valence-electron chi connectivity index (χ0n) is 11.9. The van der Waals surface area contributed by atoms with E-state index in [2.05, 4.69) is 48.8 Å². The summed E-state index contributed by atoms with van der Waals surface area (Å²) in [5.41, 5.74) is 1.17. The normalized spacial score (nSPS) is 28.2. The molecule has 0 saturated carbocycles. The Hall–Kier alpha value is -0.870. The van der Waals surface area contributed by atoms with Crippen molar-refractivity contribution < 1.29 is 4.74 Å². The lowest BCUT2D eigenvalue weighted by atomic mass is 9.94. The smallest absolute Gasteiger partial charge is 0.0956 e. The predicted octanol–water partition coefficient (Wildman–Crippen LogP) is 2.15. The van der Waals surface area contributed by atoms with Crippen molar-refractivity contribution in [3.63, 3.8) is 0 Å². The van der Waals surface area contributed by atoms with E-state index in [-0.39, 0.29) is 11.6 Å². The van der Waals surface area contributed by atoms with Crippen molar-refractivity contribution in [3.05, 3.63) is 18.2 Å². The van der Waals surface area contributed by atoms with E-state index in [1.165, 1.54) is 0 Å². The van der Waals surface area contributed by atoms with Gasteiger partial charge in [-0.05, 0) is 32.7 Å². The van der Waals surface area contributed by atoms with Gasteiger partial charge in [-0.15, -0.1) is 0 Å². The number of ether oxygens (including phenoxy) is 1. The average Bonchev–Trinajstić information content (AvgIpc) is 2.88. The third kappa shape index (κ3) is 2.75. The van der Waals surface area contributed by atoms with Gasteiger partial charge in [0.05, 0.1) is 23.7 Å². The van der Waals surface area contributed by atoms with E-state index in [9.17, 15) is 0 Å². The molecule has 0 radical (unpaired) electrons. The maximum atomic E-state index is 5.68. The lowest BCUT2D eigenvalue weighted by molar-refractivity contribution is 0.0759. The molecule has 1 aliphatic heterocycles. The Morgan fingerprint density at radius 2 is 2.39 bits per heavy atom. The van der Waals surface area contributed by atoms with Crippen LogP contribution in [0.25, 0.3) is 0 Å². The third-order valence-electron chi connectivity index (χ3n) is 3.94. The van der Waals surface area contributed by atoms with E-state index in [0.717, 1.165) is 31.8 Å². The van der Waals surface area contributed by atoms with Crippen LogP contribution in [0.5, 0.6) is 0 Å². The van der Waals surface area contributed by atoms with Gasteiger partial charge in [-0.25, -0.2) is 4.98 Å². The van der Waals surface area contributed by atoms with Crippen LogP contribution in [0.3, 0.4) is 0 Å². The number of rotatable bonds is 5. The fraction of sp³-hybridized carbons (Fsp3) is 0.786. The highest BCUT2D eigenvalue weighted by Gasteiger charge is 2.38. The van der Waals surface area contributed by atoms with Gasteiger partial charge in [0, 0.05) is 19.3 Å². The van der Waals surface area contributed by atoms with E-state index < -0.39 is 0 Å². The summed E-state index contributed by atoms with van der Waals surface area (Å²) in [5.74, 6) is 0.674. The van der Waals surface area contributed by atoms with Crippen LogP contribution in [-0.2, 0) is 16.8 Å². The second kappa shape index (κ2) is 5.41. The van der Waals surface area contributed by atoms with Crippen molar-refractivity contribution in [2.24, 2.45) is 5.92 Å². The van der Waals surface area contributed by atoms with Crippen LogP contribution in [0.2, 0.25) is 0 Å². The zero-order chi connectivity index (χ0) is 13.2. The predicted molar refractivity (Wildman–Crippen MR) is 72.5 cm³/mol. The average molecular weight is 251 g/mol. The molecule has 2 heterocycles. The summed E-state index contributed by atoms with van der Waals surface area (Å²) >= 11 is 0. The lowest BCUT2D eigenvalue weighted by Gasteiger charge is -2.29. The summed E-state index contributed by atoms with van der Waals surface area (Å²) in [7, 11) is 0. The molecule has 1 aliphatic rings. The Labute approximate surface area is 110 Å². The lowest BCUT2D eigenvalue weighted by Crippen LogP contribution is -2.35. The van der Waals surface area contributed by atoms with E-state index in [4.69, 9.17) is 4.74 Å². The minimum Gasteiger partial charge on any atom is -0.376 e. The van der Waals surface area contributed by atoms with Crippen molar-refractivity contribution in [1.82, 2.24) is 14.9 Å². The molecule has 1 aromatic rings. The van der Waals surface area contributed by atoms with Crippen LogP contribution in [0.15, 0.2) is 12.5 Å². The molecule has 18 heavy (non-hydrogen) atoms. The van der Waals surface area contributed by atoms with Crippen LogP contribution >= 0.6 is 0 Å². The molecule has 0 aromatic carbocycles. The monoisotopic (exact) mass is 251 g/mol. The second-order valence-electron chi connectivity index (χ2n) is 5.92. The number of hydrogen-bond acceptors (Lipinski definition) is 3. The fourth-order valence-electron chi connectivity index (χ4n) is 2.39. The SMILES string of the molecule is CC(C)CNCc1cn(C2(C)CCOC2C)cn1. The highest BCUT2D eigenvalue weighted by Crippen LogP contribution is 2.32. The molecule has 0 amide bonds. The minimum atomic E-state index is 0.0588. The second-order valence-corrected chi connectivity index (χ2v) is 5.92. The Bertz CT molecular complexity index is 388. The van der Waals surface area contributed by atoms with E-state index >= 15 is 0 Å². The van der Waals surface area contributed by atoms with Crippen LogP contribution < -0.4 is 5.32 Å². The molecule has 4 nitrogen and oxygen atoms in total. The molecule has 1 aromatic heterocycles. The zero-order valence-corrected chi connectivity index (χ0v) is 11.9.